The average Bonchev–Trinajstić information content (AvgIpc) is 3.98. The summed E-state index contributed by atoms with van der Waals surface area (Å²) in [4.78, 5) is 2.43. The lowest BCUT2D eigenvalue weighted by Crippen LogP contribution is -2.17. The number of hydrogen-bond donors (Lipinski definition) is 0. The Morgan fingerprint density at radius 1 is 0.355 bits per heavy atom. The van der Waals surface area contributed by atoms with E-state index in [-0.39, 0.29) is 5.41 Å². The number of rotatable bonds is 5. The van der Waals surface area contributed by atoms with Crippen molar-refractivity contribution in [2.24, 2.45) is 0 Å². The van der Waals surface area contributed by atoms with E-state index in [1.54, 1.807) is 0 Å². The molecule has 0 amide bonds. The lowest BCUT2D eigenvalue weighted by atomic mass is 9.82. The van der Waals surface area contributed by atoms with Gasteiger partial charge in [0, 0.05) is 54.8 Å². The van der Waals surface area contributed by atoms with Crippen LogP contribution < -0.4 is 4.90 Å². The number of hydrogen-bond acceptors (Lipinski definition) is 3. The third-order valence-corrected chi connectivity index (χ3v) is 13.5. The van der Waals surface area contributed by atoms with Gasteiger partial charge in [-0.3, -0.25) is 0 Å². The summed E-state index contributed by atoms with van der Waals surface area (Å²) < 4.78 is 13.9. The molecule has 3 heteroatoms. The first-order chi connectivity index (χ1) is 30.5. The number of fused-ring (bicyclic) bond motifs is 14. The van der Waals surface area contributed by atoms with Crippen LogP contribution in [-0.4, -0.2) is 0 Å². The van der Waals surface area contributed by atoms with Crippen molar-refractivity contribution in [1.82, 2.24) is 0 Å². The zero-order valence-electron chi connectivity index (χ0n) is 34.3. The Bertz CT molecular complexity index is 3780. The summed E-state index contributed by atoms with van der Waals surface area (Å²) in [6.45, 7) is 4.70. The first-order valence-electron chi connectivity index (χ1n) is 21.4. The van der Waals surface area contributed by atoms with Crippen LogP contribution in [0.4, 0.5) is 17.1 Å². The fourth-order valence-corrected chi connectivity index (χ4v) is 10.5. The van der Waals surface area contributed by atoms with Crippen LogP contribution in [-0.2, 0) is 5.41 Å². The van der Waals surface area contributed by atoms with Gasteiger partial charge in [-0.15, -0.1) is 0 Å². The SMILES string of the molecule is CC1(C)c2ccccc2-c2ccc(N(c3ccc(-c4cccc5c4oc4ccccc45)cc3)c3c(-c4ccccc4)ccc4c3oc3c5ccccc5c5ccccc5c43)cc21. The molecule has 0 saturated heterocycles. The zero-order valence-corrected chi connectivity index (χ0v) is 34.3. The Kier molecular flexibility index (Phi) is 7.36. The van der Waals surface area contributed by atoms with Gasteiger partial charge >= 0.3 is 0 Å². The van der Waals surface area contributed by atoms with Gasteiger partial charge in [0.05, 0.1) is 5.69 Å². The standard InChI is InChI=1S/C59H39NO2/c1-59(2)51-25-12-10-19-44(51)45-32-31-39(35-52(45)59)60(38-29-27-37(28-30-38)41-23-14-24-49-46-20-11-13-26-53(46)61-56(41)49)55-40(36-15-4-3-5-16-36)33-34-50-54-47-21-8-6-17-42(47)43-18-7-9-22-48(43)57(54)62-58(50)55/h3-35H,1-2H3. The maximum absolute atomic E-state index is 7.39. The minimum absolute atomic E-state index is 0.186. The molecular formula is C59H39NO2. The van der Waals surface area contributed by atoms with Crippen LogP contribution in [0.2, 0.25) is 0 Å². The average molecular weight is 794 g/mol. The molecule has 2 aromatic heterocycles. The Balaban J connectivity index is 1.11. The van der Waals surface area contributed by atoms with Crippen LogP contribution in [0.3, 0.4) is 0 Å². The van der Waals surface area contributed by atoms with E-state index in [4.69, 9.17) is 8.83 Å². The summed E-state index contributed by atoms with van der Waals surface area (Å²) in [5.74, 6) is 0. The van der Waals surface area contributed by atoms with Crippen LogP contribution in [0.25, 0.3) is 98.8 Å². The molecule has 62 heavy (non-hydrogen) atoms. The second kappa shape index (κ2) is 13.1. The van der Waals surface area contributed by atoms with Crippen molar-refractivity contribution in [2.45, 2.75) is 19.3 Å². The quantitative estimate of drug-likeness (QED) is 0.163. The molecule has 1 aliphatic rings. The maximum atomic E-state index is 7.39. The molecule has 292 valence electrons. The van der Waals surface area contributed by atoms with Gasteiger partial charge in [-0.25, -0.2) is 0 Å². The fourth-order valence-electron chi connectivity index (χ4n) is 10.5. The number of nitrogens with zero attached hydrogens (tertiary/aromatic N) is 1. The van der Waals surface area contributed by atoms with Gasteiger partial charge < -0.3 is 13.7 Å². The van der Waals surface area contributed by atoms with E-state index in [1.165, 1.54) is 38.4 Å². The summed E-state index contributed by atoms with van der Waals surface area (Å²) in [6.07, 6.45) is 0. The minimum Gasteiger partial charge on any atom is -0.455 e. The van der Waals surface area contributed by atoms with Crippen LogP contribution in [0.1, 0.15) is 25.0 Å². The highest BCUT2D eigenvalue weighted by Gasteiger charge is 2.36. The first-order valence-corrected chi connectivity index (χ1v) is 21.4. The molecule has 0 unspecified atom stereocenters. The van der Waals surface area contributed by atoms with E-state index in [0.717, 1.165) is 88.6 Å². The first kappa shape index (κ1) is 34.9. The molecule has 0 radical (unpaired) electrons. The molecule has 1 aliphatic carbocycles. The largest absolute Gasteiger partial charge is 0.455 e. The van der Waals surface area contributed by atoms with E-state index in [0.29, 0.717) is 0 Å². The second-order valence-electron chi connectivity index (χ2n) is 17.2. The highest BCUT2D eigenvalue weighted by atomic mass is 16.3. The second-order valence-corrected chi connectivity index (χ2v) is 17.2. The Morgan fingerprint density at radius 2 is 0.935 bits per heavy atom. The molecular weight excluding hydrogens is 755 g/mol. The van der Waals surface area contributed by atoms with Crippen LogP contribution >= 0.6 is 0 Å². The lowest BCUT2D eigenvalue weighted by molar-refractivity contribution is 0.660. The Hall–Kier alpha value is -7.88. The van der Waals surface area contributed by atoms with E-state index < -0.39 is 0 Å². The van der Waals surface area contributed by atoms with Gasteiger partial charge in [0.1, 0.15) is 16.7 Å². The summed E-state index contributed by atoms with van der Waals surface area (Å²) in [5.41, 5.74) is 16.1. The van der Waals surface area contributed by atoms with Gasteiger partial charge in [0.15, 0.2) is 5.58 Å². The predicted octanol–water partition coefficient (Wildman–Crippen LogP) is 16.9. The van der Waals surface area contributed by atoms with Crippen molar-refractivity contribution >= 4 is 82.5 Å². The van der Waals surface area contributed by atoms with Gasteiger partial charge in [0.25, 0.3) is 0 Å². The third-order valence-electron chi connectivity index (χ3n) is 13.5. The van der Waals surface area contributed by atoms with E-state index >= 15 is 0 Å². The monoisotopic (exact) mass is 793 g/mol. The molecule has 0 bridgehead atoms. The van der Waals surface area contributed by atoms with E-state index in [2.05, 4.69) is 207 Å². The van der Waals surface area contributed by atoms with Crippen LogP contribution in [0.5, 0.6) is 0 Å². The minimum atomic E-state index is -0.186. The molecule has 0 saturated carbocycles. The van der Waals surface area contributed by atoms with Gasteiger partial charge in [-0.1, -0.05) is 178 Å². The molecule has 10 aromatic carbocycles. The van der Waals surface area contributed by atoms with Gasteiger partial charge in [0.2, 0.25) is 0 Å². The number of benzene rings is 10. The van der Waals surface area contributed by atoms with Crippen molar-refractivity contribution < 1.29 is 8.83 Å². The number of furan rings is 2. The van der Waals surface area contributed by atoms with E-state index in [1.807, 2.05) is 12.1 Å². The van der Waals surface area contributed by atoms with Gasteiger partial charge in [-0.05, 0) is 85.9 Å². The topological polar surface area (TPSA) is 29.5 Å². The van der Waals surface area contributed by atoms with Gasteiger partial charge in [-0.2, -0.15) is 0 Å². The summed E-state index contributed by atoms with van der Waals surface area (Å²) in [5, 5.41) is 9.17. The fraction of sp³-hybridized carbons (Fsp3) is 0.0508. The molecule has 2 heterocycles. The van der Waals surface area contributed by atoms with Crippen molar-refractivity contribution in [3.05, 3.63) is 211 Å². The maximum Gasteiger partial charge on any atom is 0.160 e. The molecule has 0 aliphatic heterocycles. The molecule has 0 spiro atoms. The lowest BCUT2D eigenvalue weighted by Gasteiger charge is -2.30. The smallest absolute Gasteiger partial charge is 0.160 e. The molecule has 3 nitrogen and oxygen atoms in total. The summed E-state index contributed by atoms with van der Waals surface area (Å²) in [6, 6.07) is 72.3. The highest BCUT2D eigenvalue weighted by Crippen LogP contribution is 2.54. The van der Waals surface area contributed by atoms with Crippen molar-refractivity contribution in [3.63, 3.8) is 0 Å². The molecule has 0 atom stereocenters. The third kappa shape index (κ3) is 4.94. The van der Waals surface area contributed by atoms with Crippen LogP contribution in [0, 0.1) is 0 Å². The van der Waals surface area contributed by atoms with Crippen molar-refractivity contribution in [3.8, 4) is 33.4 Å². The van der Waals surface area contributed by atoms with E-state index in [9.17, 15) is 0 Å². The highest BCUT2D eigenvalue weighted by molar-refractivity contribution is 6.31. The number of para-hydroxylation sites is 2. The van der Waals surface area contributed by atoms with Crippen molar-refractivity contribution in [1.29, 1.82) is 0 Å². The molecule has 13 rings (SSSR count). The number of anilines is 3. The summed E-state index contributed by atoms with van der Waals surface area (Å²) in [7, 11) is 0. The van der Waals surface area contributed by atoms with Crippen molar-refractivity contribution in [2.75, 3.05) is 4.90 Å². The molecule has 0 fully saturated rings. The zero-order chi connectivity index (χ0) is 41.1. The summed E-state index contributed by atoms with van der Waals surface area (Å²) >= 11 is 0. The molecule has 12 aromatic rings. The Morgan fingerprint density at radius 3 is 1.76 bits per heavy atom. The normalized spacial score (nSPS) is 13.1. The molecule has 0 N–H and O–H groups in total. The van der Waals surface area contributed by atoms with Crippen LogP contribution in [0.15, 0.2) is 209 Å². The Labute approximate surface area is 358 Å². The predicted molar refractivity (Wildman–Crippen MR) is 259 cm³/mol.